The van der Waals surface area contributed by atoms with Crippen molar-refractivity contribution in [2.75, 3.05) is 11.9 Å². The Morgan fingerprint density at radius 3 is 2.38 bits per heavy atom. The first-order chi connectivity index (χ1) is 16.4. The van der Waals surface area contributed by atoms with Crippen LogP contribution in [0.25, 0.3) is 16.7 Å². The number of nitrogens with zero attached hydrogens (tertiary/aromatic N) is 4. The largest absolute Gasteiger partial charge is 0.484 e. The smallest absolute Gasteiger partial charge is 0.269 e. The molecule has 0 saturated carbocycles. The Morgan fingerprint density at radius 1 is 1.06 bits per heavy atom. The number of aromatic nitrogens is 3. The number of non-ortho nitro benzene ring substituents is 1. The maximum atomic E-state index is 12.4. The summed E-state index contributed by atoms with van der Waals surface area (Å²) in [6.45, 7) is 3.83. The SMILES string of the molecule is CCCCc1ccc(-n2nc3cc(C)c(NC(=O)COc4ccc([N+](=O)[O-])cc4)cc3n2)cc1. The molecule has 9 heteroatoms. The van der Waals surface area contributed by atoms with Crippen LogP contribution in [0.4, 0.5) is 11.4 Å². The van der Waals surface area contributed by atoms with Crippen molar-refractivity contribution in [3.8, 4) is 11.4 Å². The Kier molecular flexibility index (Phi) is 6.82. The Hall–Kier alpha value is -4.27. The summed E-state index contributed by atoms with van der Waals surface area (Å²) in [6, 6.07) is 17.4. The number of ether oxygens (including phenoxy) is 1. The van der Waals surface area contributed by atoms with Crippen molar-refractivity contribution in [3.63, 3.8) is 0 Å². The van der Waals surface area contributed by atoms with E-state index in [1.165, 1.54) is 29.8 Å². The van der Waals surface area contributed by atoms with Gasteiger partial charge in [0.25, 0.3) is 11.6 Å². The highest BCUT2D eigenvalue weighted by molar-refractivity contribution is 5.95. The van der Waals surface area contributed by atoms with Gasteiger partial charge < -0.3 is 10.1 Å². The minimum Gasteiger partial charge on any atom is -0.484 e. The molecule has 0 unspecified atom stereocenters. The van der Waals surface area contributed by atoms with Crippen LogP contribution >= 0.6 is 0 Å². The van der Waals surface area contributed by atoms with Crippen LogP contribution in [-0.2, 0) is 11.2 Å². The lowest BCUT2D eigenvalue weighted by Gasteiger charge is -2.09. The number of anilines is 1. The molecule has 0 bridgehead atoms. The normalized spacial score (nSPS) is 10.9. The molecule has 1 aromatic heterocycles. The van der Waals surface area contributed by atoms with E-state index in [2.05, 4.69) is 34.6 Å². The van der Waals surface area contributed by atoms with E-state index in [0.29, 0.717) is 17.0 Å². The molecule has 0 fully saturated rings. The quantitative estimate of drug-likeness (QED) is 0.278. The number of carbonyl (C=O) groups is 1. The molecule has 0 aliphatic rings. The van der Waals surface area contributed by atoms with E-state index in [1.807, 2.05) is 25.1 Å². The number of nitro groups is 1. The maximum Gasteiger partial charge on any atom is 0.269 e. The zero-order valence-corrected chi connectivity index (χ0v) is 19.0. The average Bonchev–Trinajstić information content (AvgIpc) is 3.25. The highest BCUT2D eigenvalue weighted by atomic mass is 16.6. The monoisotopic (exact) mass is 459 g/mol. The molecule has 1 N–H and O–H groups in total. The Labute approximate surface area is 196 Å². The van der Waals surface area contributed by atoms with Crippen LogP contribution < -0.4 is 10.1 Å². The second-order valence-corrected chi connectivity index (χ2v) is 8.00. The number of hydrogen-bond donors (Lipinski definition) is 1. The van der Waals surface area contributed by atoms with Crippen molar-refractivity contribution < 1.29 is 14.5 Å². The van der Waals surface area contributed by atoms with E-state index >= 15 is 0 Å². The van der Waals surface area contributed by atoms with Crippen molar-refractivity contribution in [3.05, 3.63) is 81.9 Å². The zero-order valence-electron chi connectivity index (χ0n) is 19.0. The van der Waals surface area contributed by atoms with Crippen LogP contribution in [0.2, 0.25) is 0 Å². The highest BCUT2D eigenvalue weighted by Gasteiger charge is 2.12. The predicted molar refractivity (Wildman–Crippen MR) is 129 cm³/mol. The van der Waals surface area contributed by atoms with Crippen molar-refractivity contribution in [1.82, 2.24) is 15.0 Å². The molecular weight excluding hydrogens is 434 g/mol. The summed E-state index contributed by atoms with van der Waals surface area (Å²) in [5.41, 5.74) is 4.97. The lowest BCUT2D eigenvalue weighted by molar-refractivity contribution is -0.384. The molecule has 34 heavy (non-hydrogen) atoms. The van der Waals surface area contributed by atoms with Gasteiger partial charge in [0, 0.05) is 17.8 Å². The second kappa shape index (κ2) is 10.1. The third-order valence-corrected chi connectivity index (χ3v) is 5.40. The average molecular weight is 460 g/mol. The van der Waals surface area contributed by atoms with Gasteiger partial charge in [-0.25, -0.2) is 0 Å². The van der Waals surface area contributed by atoms with Gasteiger partial charge in [-0.2, -0.15) is 4.80 Å². The summed E-state index contributed by atoms with van der Waals surface area (Å²) < 4.78 is 5.43. The summed E-state index contributed by atoms with van der Waals surface area (Å²) >= 11 is 0. The van der Waals surface area contributed by atoms with Crippen LogP contribution in [0.15, 0.2) is 60.7 Å². The van der Waals surface area contributed by atoms with Gasteiger partial charge in [-0.3, -0.25) is 14.9 Å². The fourth-order valence-corrected chi connectivity index (χ4v) is 3.49. The summed E-state index contributed by atoms with van der Waals surface area (Å²) in [7, 11) is 0. The Bertz CT molecular complexity index is 1310. The van der Waals surface area contributed by atoms with E-state index in [1.54, 1.807) is 10.9 Å². The fourth-order valence-electron chi connectivity index (χ4n) is 3.49. The molecule has 0 aliphatic carbocycles. The number of nitro benzene ring substituents is 1. The topological polar surface area (TPSA) is 112 Å². The standard InChI is InChI=1S/C25H25N5O4/c1-3-4-5-18-6-8-19(9-7-18)29-27-23-14-17(2)22(15-24(23)28-29)26-25(31)16-34-21-12-10-20(11-13-21)30(32)33/h6-15H,3-5,16H2,1-2H3,(H,26,31). The minimum absolute atomic E-state index is 0.0405. The number of unbranched alkanes of at least 4 members (excludes halogenated alkanes) is 1. The molecule has 9 nitrogen and oxygen atoms in total. The number of carbonyl (C=O) groups excluding carboxylic acids is 1. The lowest BCUT2D eigenvalue weighted by Crippen LogP contribution is -2.20. The first-order valence-corrected chi connectivity index (χ1v) is 11.1. The molecule has 174 valence electrons. The number of aryl methyl sites for hydroxylation is 2. The van der Waals surface area contributed by atoms with Crippen molar-refractivity contribution in [1.29, 1.82) is 0 Å². The van der Waals surface area contributed by atoms with Crippen LogP contribution in [0.3, 0.4) is 0 Å². The first-order valence-electron chi connectivity index (χ1n) is 11.1. The van der Waals surface area contributed by atoms with Crippen molar-refractivity contribution >= 4 is 28.3 Å². The molecule has 0 saturated heterocycles. The summed E-state index contributed by atoms with van der Waals surface area (Å²) in [6.07, 6.45) is 3.38. The third kappa shape index (κ3) is 5.37. The zero-order chi connectivity index (χ0) is 24.1. The van der Waals surface area contributed by atoms with Crippen LogP contribution in [0.1, 0.15) is 30.9 Å². The Balaban J connectivity index is 1.43. The van der Waals surface area contributed by atoms with Gasteiger partial charge in [0.2, 0.25) is 0 Å². The second-order valence-electron chi connectivity index (χ2n) is 8.00. The molecule has 0 spiro atoms. The van der Waals surface area contributed by atoms with Crippen LogP contribution in [0, 0.1) is 17.0 Å². The minimum atomic E-state index is -0.492. The fraction of sp³-hybridized carbons (Fsp3) is 0.240. The molecule has 4 rings (SSSR count). The van der Waals surface area contributed by atoms with E-state index in [0.717, 1.165) is 36.0 Å². The van der Waals surface area contributed by atoms with Gasteiger partial charge in [-0.1, -0.05) is 25.5 Å². The molecule has 0 atom stereocenters. The molecule has 0 aliphatic heterocycles. The predicted octanol–water partition coefficient (Wildman–Crippen LogP) is 5.00. The van der Waals surface area contributed by atoms with E-state index in [9.17, 15) is 14.9 Å². The van der Waals surface area contributed by atoms with Crippen LogP contribution in [-0.4, -0.2) is 32.4 Å². The van der Waals surface area contributed by atoms with Gasteiger partial charge in [0.05, 0.1) is 10.6 Å². The van der Waals surface area contributed by atoms with E-state index < -0.39 is 4.92 Å². The number of amides is 1. The first kappa shape index (κ1) is 22.9. The number of fused-ring (bicyclic) bond motifs is 1. The van der Waals surface area contributed by atoms with E-state index in [4.69, 9.17) is 4.74 Å². The number of hydrogen-bond acceptors (Lipinski definition) is 6. The Morgan fingerprint density at radius 2 is 1.74 bits per heavy atom. The van der Waals surface area contributed by atoms with Gasteiger partial charge in [0.15, 0.2) is 6.61 Å². The molecule has 0 radical (unpaired) electrons. The summed E-state index contributed by atoms with van der Waals surface area (Å²) in [5.74, 6) is 0.0208. The lowest BCUT2D eigenvalue weighted by atomic mass is 10.1. The van der Waals surface area contributed by atoms with Gasteiger partial charge in [0.1, 0.15) is 16.8 Å². The highest BCUT2D eigenvalue weighted by Crippen LogP contribution is 2.23. The van der Waals surface area contributed by atoms with Gasteiger partial charge >= 0.3 is 0 Å². The molecule has 1 amide bonds. The molecule has 3 aromatic carbocycles. The maximum absolute atomic E-state index is 12.4. The van der Waals surface area contributed by atoms with Crippen molar-refractivity contribution in [2.24, 2.45) is 0 Å². The molecule has 4 aromatic rings. The summed E-state index contributed by atoms with van der Waals surface area (Å²) in [5, 5.41) is 22.7. The van der Waals surface area contributed by atoms with Crippen molar-refractivity contribution in [2.45, 2.75) is 33.1 Å². The van der Waals surface area contributed by atoms with Crippen LogP contribution in [0.5, 0.6) is 5.75 Å². The molecule has 1 heterocycles. The number of nitrogens with one attached hydrogen (secondary N) is 1. The van der Waals surface area contributed by atoms with Gasteiger partial charge in [-0.15, -0.1) is 10.2 Å². The third-order valence-electron chi connectivity index (χ3n) is 5.40. The molecular formula is C25H25N5O4. The number of benzene rings is 3. The number of rotatable bonds is 9. The summed E-state index contributed by atoms with van der Waals surface area (Å²) in [4.78, 5) is 24.2. The van der Waals surface area contributed by atoms with Gasteiger partial charge in [-0.05, 0) is 67.3 Å². The van der Waals surface area contributed by atoms with E-state index in [-0.39, 0.29) is 18.2 Å².